The van der Waals surface area contributed by atoms with E-state index in [1.165, 1.54) is 5.56 Å². The van der Waals surface area contributed by atoms with Crippen molar-refractivity contribution in [3.8, 4) is 18.1 Å². The summed E-state index contributed by atoms with van der Waals surface area (Å²) in [4.78, 5) is 0. The van der Waals surface area contributed by atoms with Crippen LogP contribution >= 0.6 is 0 Å². The molecule has 0 atom stereocenters. The molecular formula is C14H18O. The zero-order valence-electron chi connectivity index (χ0n) is 9.71. The smallest absolute Gasteiger partial charge is 0.119 e. The third-order valence-corrected chi connectivity index (χ3v) is 2.22. The number of rotatable bonds is 3. The molecule has 0 saturated heterocycles. The van der Waals surface area contributed by atoms with E-state index in [4.69, 9.17) is 11.2 Å². The van der Waals surface area contributed by atoms with Gasteiger partial charge in [-0.15, -0.1) is 12.3 Å². The highest BCUT2D eigenvalue weighted by Gasteiger charge is 2.13. The molecule has 1 nitrogen and oxygen atoms in total. The van der Waals surface area contributed by atoms with Crippen molar-refractivity contribution in [2.24, 2.45) is 0 Å². The lowest BCUT2D eigenvalue weighted by Crippen LogP contribution is -2.11. The van der Waals surface area contributed by atoms with Gasteiger partial charge in [0.05, 0.1) is 6.61 Å². The molecule has 0 heterocycles. The van der Waals surface area contributed by atoms with Gasteiger partial charge in [-0.25, -0.2) is 0 Å². The maximum Gasteiger partial charge on any atom is 0.119 e. The first-order valence-corrected chi connectivity index (χ1v) is 5.21. The molecule has 0 aromatic heterocycles. The molecule has 0 N–H and O–H groups in total. The molecule has 15 heavy (non-hydrogen) atoms. The Morgan fingerprint density at radius 3 is 2.67 bits per heavy atom. The summed E-state index contributed by atoms with van der Waals surface area (Å²) in [7, 11) is 0. The van der Waals surface area contributed by atoms with Crippen LogP contribution in [0.5, 0.6) is 5.75 Å². The summed E-state index contributed by atoms with van der Waals surface area (Å²) in [6.45, 7) is 7.15. The van der Waals surface area contributed by atoms with Gasteiger partial charge in [-0.1, -0.05) is 32.9 Å². The maximum absolute atomic E-state index is 5.54. The highest BCUT2D eigenvalue weighted by molar-refractivity contribution is 5.32. The minimum Gasteiger partial charge on any atom is -0.493 e. The zero-order chi connectivity index (χ0) is 11.3. The molecule has 0 fully saturated rings. The van der Waals surface area contributed by atoms with Gasteiger partial charge in [0.15, 0.2) is 0 Å². The van der Waals surface area contributed by atoms with Crippen molar-refractivity contribution >= 4 is 0 Å². The van der Waals surface area contributed by atoms with E-state index in [2.05, 4.69) is 38.8 Å². The normalized spacial score (nSPS) is 10.8. The average Bonchev–Trinajstić information content (AvgIpc) is 2.17. The largest absolute Gasteiger partial charge is 0.493 e. The summed E-state index contributed by atoms with van der Waals surface area (Å²) in [6, 6.07) is 8.18. The summed E-state index contributed by atoms with van der Waals surface area (Å²) < 4.78 is 5.54. The van der Waals surface area contributed by atoms with Gasteiger partial charge in [0, 0.05) is 6.42 Å². The van der Waals surface area contributed by atoms with Crippen molar-refractivity contribution in [2.45, 2.75) is 32.6 Å². The minimum absolute atomic E-state index is 0.158. The lowest BCUT2D eigenvalue weighted by molar-refractivity contribution is 0.326. The Morgan fingerprint density at radius 1 is 1.33 bits per heavy atom. The molecule has 0 aliphatic heterocycles. The molecular weight excluding hydrogens is 184 g/mol. The number of ether oxygens (including phenoxy) is 1. The van der Waals surface area contributed by atoms with Crippen LogP contribution in [-0.2, 0) is 5.41 Å². The number of benzene rings is 1. The minimum atomic E-state index is 0.158. The fourth-order valence-corrected chi connectivity index (χ4v) is 1.28. The van der Waals surface area contributed by atoms with Crippen molar-refractivity contribution < 1.29 is 4.74 Å². The van der Waals surface area contributed by atoms with Crippen LogP contribution in [-0.4, -0.2) is 6.61 Å². The molecule has 0 aliphatic carbocycles. The van der Waals surface area contributed by atoms with Crippen LogP contribution in [0.1, 0.15) is 32.8 Å². The van der Waals surface area contributed by atoms with Crippen LogP contribution in [0.2, 0.25) is 0 Å². The fourth-order valence-electron chi connectivity index (χ4n) is 1.28. The summed E-state index contributed by atoms with van der Waals surface area (Å²) in [5, 5.41) is 0. The van der Waals surface area contributed by atoms with Crippen molar-refractivity contribution in [3.05, 3.63) is 29.8 Å². The molecule has 1 aromatic carbocycles. The summed E-state index contributed by atoms with van der Waals surface area (Å²) in [5.41, 5.74) is 1.44. The predicted octanol–water partition coefficient (Wildman–Crippen LogP) is 3.39. The second-order valence-electron chi connectivity index (χ2n) is 4.58. The van der Waals surface area contributed by atoms with Crippen molar-refractivity contribution in [3.63, 3.8) is 0 Å². The highest BCUT2D eigenvalue weighted by atomic mass is 16.5. The summed E-state index contributed by atoms with van der Waals surface area (Å²) in [6.07, 6.45) is 5.81. The van der Waals surface area contributed by atoms with Crippen LogP contribution in [0.3, 0.4) is 0 Å². The second-order valence-corrected chi connectivity index (χ2v) is 4.58. The molecule has 0 spiro atoms. The third-order valence-electron chi connectivity index (χ3n) is 2.22. The van der Waals surface area contributed by atoms with Gasteiger partial charge in [0.2, 0.25) is 0 Å². The van der Waals surface area contributed by atoms with Crippen molar-refractivity contribution in [2.75, 3.05) is 6.61 Å². The molecule has 1 heteroatoms. The van der Waals surface area contributed by atoms with Gasteiger partial charge < -0.3 is 4.74 Å². The Balaban J connectivity index is 2.71. The number of hydrogen-bond donors (Lipinski definition) is 0. The molecule has 0 aliphatic rings. The molecule has 0 unspecified atom stereocenters. The van der Waals surface area contributed by atoms with E-state index in [1.807, 2.05) is 12.1 Å². The van der Waals surface area contributed by atoms with E-state index in [9.17, 15) is 0 Å². The quantitative estimate of drug-likeness (QED) is 0.539. The van der Waals surface area contributed by atoms with Crippen LogP contribution in [0.4, 0.5) is 0 Å². The Hall–Kier alpha value is -1.42. The Labute approximate surface area is 92.5 Å². The highest BCUT2D eigenvalue weighted by Crippen LogP contribution is 2.25. The first-order chi connectivity index (χ1) is 7.04. The molecule has 0 saturated carbocycles. The van der Waals surface area contributed by atoms with Crippen LogP contribution < -0.4 is 4.74 Å². The van der Waals surface area contributed by atoms with Gasteiger partial charge in [-0.3, -0.25) is 0 Å². The van der Waals surface area contributed by atoms with E-state index in [0.29, 0.717) is 13.0 Å². The van der Waals surface area contributed by atoms with E-state index < -0.39 is 0 Å². The number of hydrogen-bond acceptors (Lipinski definition) is 1. The van der Waals surface area contributed by atoms with Crippen LogP contribution in [0.25, 0.3) is 0 Å². The third kappa shape index (κ3) is 3.67. The monoisotopic (exact) mass is 202 g/mol. The topological polar surface area (TPSA) is 9.23 Å². The average molecular weight is 202 g/mol. The maximum atomic E-state index is 5.54. The van der Waals surface area contributed by atoms with Gasteiger partial charge in [-0.2, -0.15) is 0 Å². The first-order valence-electron chi connectivity index (χ1n) is 5.21. The molecule has 1 rings (SSSR count). The van der Waals surface area contributed by atoms with Crippen LogP contribution in [0, 0.1) is 12.3 Å². The van der Waals surface area contributed by atoms with E-state index >= 15 is 0 Å². The zero-order valence-corrected chi connectivity index (χ0v) is 9.71. The second kappa shape index (κ2) is 4.89. The summed E-state index contributed by atoms with van der Waals surface area (Å²) >= 11 is 0. The lowest BCUT2D eigenvalue weighted by Gasteiger charge is -2.19. The fraction of sp³-hybridized carbons (Fsp3) is 0.429. The molecule has 80 valence electrons. The predicted molar refractivity (Wildman–Crippen MR) is 64.1 cm³/mol. The van der Waals surface area contributed by atoms with E-state index in [1.54, 1.807) is 0 Å². The van der Waals surface area contributed by atoms with E-state index in [0.717, 1.165) is 5.75 Å². The Kier molecular flexibility index (Phi) is 3.80. The Morgan fingerprint density at radius 2 is 2.07 bits per heavy atom. The van der Waals surface area contributed by atoms with Gasteiger partial charge in [0.1, 0.15) is 5.75 Å². The Bertz CT molecular complexity index is 352. The standard InChI is InChI=1S/C14H18O/c1-5-6-10-15-13-9-7-8-12(11-13)14(2,3)4/h1,7-9,11H,6,10H2,2-4H3. The molecule has 0 bridgehead atoms. The van der Waals surface area contributed by atoms with Gasteiger partial charge in [-0.05, 0) is 23.1 Å². The van der Waals surface area contributed by atoms with Gasteiger partial charge in [0.25, 0.3) is 0 Å². The van der Waals surface area contributed by atoms with Gasteiger partial charge >= 0.3 is 0 Å². The summed E-state index contributed by atoms with van der Waals surface area (Å²) in [5.74, 6) is 3.46. The van der Waals surface area contributed by atoms with E-state index in [-0.39, 0.29) is 5.41 Å². The molecule has 0 amide bonds. The molecule has 0 radical (unpaired) electrons. The van der Waals surface area contributed by atoms with Crippen LogP contribution in [0.15, 0.2) is 24.3 Å². The number of terminal acetylenes is 1. The SMILES string of the molecule is C#CCCOc1cccc(C(C)(C)C)c1. The van der Waals surface area contributed by atoms with Crippen molar-refractivity contribution in [1.82, 2.24) is 0 Å². The lowest BCUT2D eigenvalue weighted by atomic mass is 9.87. The molecule has 1 aromatic rings. The van der Waals surface area contributed by atoms with Crippen molar-refractivity contribution in [1.29, 1.82) is 0 Å². The first kappa shape index (κ1) is 11.7.